The van der Waals surface area contributed by atoms with Gasteiger partial charge in [-0.25, -0.2) is 4.79 Å². The van der Waals surface area contributed by atoms with Gasteiger partial charge >= 0.3 is 5.63 Å². The molecule has 0 unspecified atom stereocenters. The molecule has 1 aromatic carbocycles. The van der Waals surface area contributed by atoms with Crippen LogP contribution in [0.4, 0.5) is 6.01 Å². The minimum Gasteiger partial charge on any atom is -0.389 e. The summed E-state index contributed by atoms with van der Waals surface area (Å²) in [6.07, 6.45) is 2.00. The Hall–Kier alpha value is -1.75. The Morgan fingerprint density at radius 3 is 2.56 bits per heavy atom. The summed E-state index contributed by atoms with van der Waals surface area (Å²) in [5, 5.41) is 0. The van der Waals surface area contributed by atoms with E-state index in [9.17, 15) is 4.79 Å². The highest BCUT2D eigenvalue weighted by Gasteiger charge is 2.03. The maximum Gasteiger partial charge on any atom is 0.340 e. The van der Waals surface area contributed by atoms with Gasteiger partial charge in [-0.05, 0) is 18.4 Å². The second-order valence-corrected chi connectivity index (χ2v) is 4.01. The normalized spacial score (nSPS) is 10.3. The van der Waals surface area contributed by atoms with Gasteiger partial charge in [0.15, 0.2) is 0 Å². The standard InChI is InChI=1S/C11H10N2O2S/c1-16-8-4-2-7(3-5-8)9-6-10(14)15-11(12)13-9/h2-6H,1H3,(H2,12,13). The second-order valence-electron chi connectivity index (χ2n) is 3.13. The highest BCUT2D eigenvalue weighted by Crippen LogP contribution is 2.21. The topological polar surface area (TPSA) is 69.1 Å². The molecule has 82 valence electrons. The molecule has 0 radical (unpaired) electrons. The third kappa shape index (κ3) is 2.25. The Balaban J connectivity index is 2.46. The van der Waals surface area contributed by atoms with Crippen LogP contribution in [0.3, 0.4) is 0 Å². The molecular formula is C11H10N2O2S. The van der Waals surface area contributed by atoms with Crippen LogP contribution < -0.4 is 11.4 Å². The second kappa shape index (κ2) is 4.40. The summed E-state index contributed by atoms with van der Waals surface area (Å²) in [5.74, 6) is 0. The lowest BCUT2D eigenvalue weighted by atomic mass is 10.1. The molecule has 0 atom stereocenters. The number of thioether (sulfide) groups is 1. The molecule has 2 N–H and O–H groups in total. The Bertz CT molecular complexity index is 549. The van der Waals surface area contributed by atoms with E-state index in [1.165, 1.54) is 6.07 Å². The van der Waals surface area contributed by atoms with E-state index in [1.807, 2.05) is 30.5 Å². The predicted octanol–water partition coefficient (Wildman–Crippen LogP) is 2.01. The number of aromatic nitrogens is 1. The first-order valence-electron chi connectivity index (χ1n) is 4.61. The van der Waals surface area contributed by atoms with E-state index < -0.39 is 5.63 Å². The van der Waals surface area contributed by atoms with Gasteiger partial charge in [0.25, 0.3) is 6.01 Å². The van der Waals surface area contributed by atoms with Crippen molar-refractivity contribution in [2.45, 2.75) is 4.90 Å². The molecule has 0 fully saturated rings. The van der Waals surface area contributed by atoms with Crippen molar-refractivity contribution in [3.63, 3.8) is 0 Å². The number of nitrogen functional groups attached to an aromatic ring is 1. The zero-order chi connectivity index (χ0) is 11.5. The highest BCUT2D eigenvalue weighted by molar-refractivity contribution is 7.98. The zero-order valence-electron chi connectivity index (χ0n) is 8.64. The summed E-state index contributed by atoms with van der Waals surface area (Å²) < 4.78 is 4.59. The minimum absolute atomic E-state index is 0.114. The highest BCUT2D eigenvalue weighted by atomic mass is 32.2. The Morgan fingerprint density at radius 2 is 2.00 bits per heavy atom. The van der Waals surface area contributed by atoms with Gasteiger partial charge in [0.1, 0.15) is 0 Å². The number of anilines is 1. The summed E-state index contributed by atoms with van der Waals surface area (Å²) in [7, 11) is 0. The lowest BCUT2D eigenvalue weighted by Gasteiger charge is -2.01. The van der Waals surface area contributed by atoms with E-state index in [-0.39, 0.29) is 6.01 Å². The molecule has 0 bridgehead atoms. The molecule has 1 aromatic heterocycles. The average Bonchev–Trinajstić information content (AvgIpc) is 2.28. The third-order valence-corrected chi connectivity index (χ3v) is 2.82. The third-order valence-electron chi connectivity index (χ3n) is 2.08. The maximum absolute atomic E-state index is 11.1. The molecule has 1 heterocycles. The zero-order valence-corrected chi connectivity index (χ0v) is 9.45. The summed E-state index contributed by atoms with van der Waals surface area (Å²) in [6.45, 7) is 0. The number of nitrogens with two attached hydrogens (primary N) is 1. The molecule has 4 nitrogen and oxygen atoms in total. The Morgan fingerprint density at radius 1 is 1.31 bits per heavy atom. The molecule has 0 saturated carbocycles. The fourth-order valence-corrected chi connectivity index (χ4v) is 1.74. The van der Waals surface area contributed by atoms with Crippen molar-refractivity contribution in [3.8, 4) is 11.3 Å². The van der Waals surface area contributed by atoms with Crippen molar-refractivity contribution in [2.75, 3.05) is 12.0 Å². The molecule has 0 aliphatic heterocycles. The van der Waals surface area contributed by atoms with Gasteiger partial charge in [-0.3, -0.25) is 0 Å². The molecule has 2 rings (SSSR count). The van der Waals surface area contributed by atoms with Crippen LogP contribution in [0.25, 0.3) is 11.3 Å². The van der Waals surface area contributed by atoms with Crippen LogP contribution in [0.15, 0.2) is 44.4 Å². The summed E-state index contributed by atoms with van der Waals surface area (Å²) >= 11 is 1.65. The van der Waals surface area contributed by atoms with Crippen molar-refractivity contribution in [1.29, 1.82) is 0 Å². The van der Waals surface area contributed by atoms with Crippen LogP contribution in [0.2, 0.25) is 0 Å². The van der Waals surface area contributed by atoms with Crippen molar-refractivity contribution in [3.05, 3.63) is 40.8 Å². The quantitative estimate of drug-likeness (QED) is 0.805. The number of hydrogen-bond acceptors (Lipinski definition) is 5. The first-order valence-corrected chi connectivity index (χ1v) is 5.83. The lowest BCUT2D eigenvalue weighted by Crippen LogP contribution is -2.03. The number of benzene rings is 1. The van der Waals surface area contributed by atoms with Crippen molar-refractivity contribution in [1.82, 2.24) is 4.98 Å². The van der Waals surface area contributed by atoms with Crippen molar-refractivity contribution in [2.24, 2.45) is 0 Å². The van der Waals surface area contributed by atoms with Crippen LogP contribution in [-0.2, 0) is 0 Å². The maximum atomic E-state index is 11.1. The van der Waals surface area contributed by atoms with Gasteiger partial charge in [0.2, 0.25) is 0 Å². The first kappa shape index (κ1) is 10.8. The van der Waals surface area contributed by atoms with Gasteiger partial charge in [0.05, 0.1) is 11.8 Å². The SMILES string of the molecule is CSc1ccc(-c2cc(=O)oc(N)n2)cc1. The Kier molecular flexibility index (Phi) is 2.96. The Labute approximate surface area is 96.5 Å². The molecule has 0 amide bonds. The summed E-state index contributed by atoms with van der Waals surface area (Å²) in [6, 6.07) is 8.93. The van der Waals surface area contributed by atoms with E-state index in [0.717, 1.165) is 10.5 Å². The smallest absolute Gasteiger partial charge is 0.340 e. The predicted molar refractivity (Wildman–Crippen MR) is 64.4 cm³/mol. The molecule has 0 aliphatic carbocycles. The van der Waals surface area contributed by atoms with Gasteiger partial charge in [-0.2, -0.15) is 4.98 Å². The molecular weight excluding hydrogens is 224 g/mol. The molecule has 16 heavy (non-hydrogen) atoms. The largest absolute Gasteiger partial charge is 0.389 e. The van der Waals surface area contributed by atoms with Gasteiger partial charge in [-0.1, -0.05) is 12.1 Å². The average molecular weight is 234 g/mol. The molecule has 2 aromatic rings. The van der Waals surface area contributed by atoms with Crippen LogP contribution in [0.5, 0.6) is 0 Å². The van der Waals surface area contributed by atoms with Gasteiger partial charge < -0.3 is 10.2 Å². The minimum atomic E-state index is -0.489. The van der Waals surface area contributed by atoms with Crippen LogP contribution in [0, 0.1) is 0 Å². The van der Waals surface area contributed by atoms with Gasteiger partial charge in [-0.15, -0.1) is 11.8 Å². The number of nitrogens with zero attached hydrogens (tertiary/aromatic N) is 1. The molecule has 5 heteroatoms. The van der Waals surface area contributed by atoms with Crippen LogP contribution in [-0.4, -0.2) is 11.2 Å². The monoisotopic (exact) mass is 234 g/mol. The fourth-order valence-electron chi connectivity index (χ4n) is 1.33. The van der Waals surface area contributed by atoms with E-state index in [4.69, 9.17) is 5.73 Å². The van der Waals surface area contributed by atoms with Crippen molar-refractivity contribution < 1.29 is 4.42 Å². The number of rotatable bonds is 2. The summed E-state index contributed by atoms with van der Waals surface area (Å²) in [4.78, 5) is 16.2. The number of hydrogen-bond donors (Lipinski definition) is 1. The van der Waals surface area contributed by atoms with E-state index in [1.54, 1.807) is 11.8 Å². The van der Waals surface area contributed by atoms with E-state index >= 15 is 0 Å². The first-order chi connectivity index (χ1) is 7.69. The van der Waals surface area contributed by atoms with E-state index in [0.29, 0.717) is 5.69 Å². The van der Waals surface area contributed by atoms with Crippen molar-refractivity contribution >= 4 is 17.8 Å². The van der Waals surface area contributed by atoms with Crippen LogP contribution >= 0.6 is 11.8 Å². The lowest BCUT2D eigenvalue weighted by molar-refractivity contribution is 0.515. The summed E-state index contributed by atoms with van der Waals surface area (Å²) in [5.41, 5.74) is 6.26. The fraction of sp³-hybridized carbons (Fsp3) is 0.0909. The van der Waals surface area contributed by atoms with Gasteiger partial charge in [0, 0.05) is 10.5 Å². The van der Waals surface area contributed by atoms with Crippen LogP contribution in [0.1, 0.15) is 0 Å². The molecule has 0 saturated heterocycles. The molecule has 0 spiro atoms. The molecule has 0 aliphatic rings. The van der Waals surface area contributed by atoms with E-state index in [2.05, 4.69) is 9.40 Å².